The number of nitriles is 1. The van der Waals surface area contributed by atoms with Crippen LogP contribution >= 0.6 is 11.6 Å². The molecule has 2 N–H and O–H groups in total. The van der Waals surface area contributed by atoms with Gasteiger partial charge in [0.1, 0.15) is 11.6 Å². The molecule has 0 aliphatic carbocycles. The monoisotopic (exact) mass is 294 g/mol. The van der Waals surface area contributed by atoms with Gasteiger partial charge in [0.05, 0.1) is 12.1 Å². The van der Waals surface area contributed by atoms with Crippen LogP contribution in [0.25, 0.3) is 6.08 Å². The molecule has 0 atom stereocenters. The normalized spacial score (nSPS) is 11.1. The largest absolute Gasteiger partial charge is 0.503 e. The number of hydrogen-bond donors (Lipinski definition) is 2. The molecule has 1 amide bonds. The van der Waals surface area contributed by atoms with Gasteiger partial charge in [-0.3, -0.25) is 4.79 Å². The number of halogens is 1. The zero-order valence-corrected chi connectivity index (χ0v) is 12.2. The quantitative estimate of drug-likeness (QED) is 0.660. The van der Waals surface area contributed by atoms with Gasteiger partial charge in [-0.25, -0.2) is 0 Å². The lowest BCUT2D eigenvalue weighted by molar-refractivity contribution is -0.117. The number of ether oxygens (including phenoxy) is 1. The second kappa shape index (κ2) is 6.83. The summed E-state index contributed by atoms with van der Waals surface area (Å²) >= 11 is 5.85. The van der Waals surface area contributed by atoms with Crippen LogP contribution in [-0.4, -0.2) is 24.2 Å². The minimum atomic E-state index is -0.467. The Hall–Kier alpha value is -2.19. The van der Waals surface area contributed by atoms with E-state index in [9.17, 15) is 9.90 Å². The Morgan fingerprint density at radius 3 is 2.70 bits per heavy atom. The molecule has 0 unspecified atom stereocenters. The standard InChI is InChI=1S/C14H15ClN2O3/c1-8(2)17-14(19)10(7-16)4-9-5-11(15)13(18)12(6-9)20-3/h4-6,8,18H,1-3H3,(H,17,19). The van der Waals surface area contributed by atoms with Crippen LogP contribution in [0, 0.1) is 11.3 Å². The van der Waals surface area contributed by atoms with E-state index in [1.54, 1.807) is 13.8 Å². The Morgan fingerprint density at radius 2 is 2.20 bits per heavy atom. The molecular formula is C14H15ClN2O3. The summed E-state index contributed by atoms with van der Waals surface area (Å²) in [6, 6.07) is 4.69. The summed E-state index contributed by atoms with van der Waals surface area (Å²) in [4.78, 5) is 11.8. The first-order valence-electron chi connectivity index (χ1n) is 5.88. The molecule has 0 aliphatic rings. The third-order valence-electron chi connectivity index (χ3n) is 2.37. The third-order valence-corrected chi connectivity index (χ3v) is 2.65. The lowest BCUT2D eigenvalue weighted by atomic mass is 10.1. The van der Waals surface area contributed by atoms with E-state index in [-0.39, 0.29) is 28.1 Å². The van der Waals surface area contributed by atoms with Gasteiger partial charge in [0.2, 0.25) is 0 Å². The smallest absolute Gasteiger partial charge is 0.262 e. The number of hydrogen-bond acceptors (Lipinski definition) is 4. The van der Waals surface area contributed by atoms with Crippen LogP contribution in [0.4, 0.5) is 0 Å². The number of carbonyl (C=O) groups is 1. The van der Waals surface area contributed by atoms with Crippen LogP contribution < -0.4 is 10.1 Å². The molecule has 1 rings (SSSR count). The molecule has 5 nitrogen and oxygen atoms in total. The fourth-order valence-electron chi connectivity index (χ4n) is 1.49. The molecule has 0 aliphatic heterocycles. The molecule has 0 saturated heterocycles. The molecule has 6 heteroatoms. The number of phenols is 1. The first-order chi connectivity index (χ1) is 9.38. The van der Waals surface area contributed by atoms with E-state index >= 15 is 0 Å². The highest BCUT2D eigenvalue weighted by Gasteiger charge is 2.12. The van der Waals surface area contributed by atoms with Crippen molar-refractivity contribution in [2.45, 2.75) is 19.9 Å². The van der Waals surface area contributed by atoms with Crippen molar-refractivity contribution in [3.05, 3.63) is 28.3 Å². The predicted molar refractivity (Wildman–Crippen MR) is 76.5 cm³/mol. The van der Waals surface area contributed by atoms with Crippen molar-refractivity contribution in [2.75, 3.05) is 7.11 Å². The lowest BCUT2D eigenvalue weighted by Crippen LogP contribution is -2.30. The second-order valence-corrected chi connectivity index (χ2v) is 4.76. The number of methoxy groups -OCH3 is 1. The van der Waals surface area contributed by atoms with Crippen LogP contribution in [0.15, 0.2) is 17.7 Å². The van der Waals surface area contributed by atoms with Crippen molar-refractivity contribution in [1.82, 2.24) is 5.32 Å². The first kappa shape index (κ1) is 15.9. The van der Waals surface area contributed by atoms with Gasteiger partial charge in [0.25, 0.3) is 5.91 Å². The maximum atomic E-state index is 11.8. The fourth-order valence-corrected chi connectivity index (χ4v) is 1.71. The van der Waals surface area contributed by atoms with Crippen LogP contribution in [0.5, 0.6) is 11.5 Å². The summed E-state index contributed by atoms with van der Waals surface area (Å²) in [5.74, 6) is -0.479. The van der Waals surface area contributed by atoms with Gasteiger partial charge in [-0.2, -0.15) is 5.26 Å². The average Bonchev–Trinajstić information content (AvgIpc) is 2.38. The summed E-state index contributed by atoms with van der Waals surface area (Å²) in [5, 5.41) is 21.4. The van der Waals surface area contributed by atoms with Crippen molar-refractivity contribution >= 4 is 23.6 Å². The zero-order chi connectivity index (χ0) is 15.3. The molecule has 20 heavy (non-hydrogen) atoms. The van der Waals surface area contributed by atoms with Gasteiger partial charge in [-0.05, 0) is 37.6 Å². The van der Waals surface area contributed by atoms with Crippen molar-refractivity contribution in [3.63, 3.8) is 0 Å². The molecule has 0 radical (unpaired) electrons. The van der Waals surface area contributed by atoms with E-state index < -0.39 is 5.91 Å². The number of rotatable bonds is 4. The van der Waals surface area contributed by atoms with Crippen LogP contribution in [0.2, 0.25) is 5.02 Å². The Bertz CT molecular complexity index is 589. The number of carbonyl (C=O) groups excluding carboxylic acids is 1. The fraction of sp³-hybridized carbons (Fsp3) is 0.286. The highest BCUT2D eigenvalue weighted by atomic mass is 35.5. The van der Waals surface area contributed by atoms with Crippen LogP contribution in [0.3, 0.4) is 0 Å². The molecule has 0 spiro atoms. The molecular weight excluding hydrogens is 280 g/mol. The van der Waals surface area contributed by atoms with E-state index in [2.05, 4.69) is 5.32 Å². The van der Waals surface area contributed by atoms with E-state index in [4.69, 9.17) is 21.6 Å². The number of phenolic OH excluding ortho intramolecular Hbond substituents is 1. The molecule has 0 bridgehead atoms. The van der Waals surface area contributed by atoms with Crippen LogP contribution in [0.1, 0.15) is 19.4 Å². The Morgan fingerprint density at radius 1 is 1.55 bits per heavy atom. The van der Waals surface area contributed by atoms with Gasteiger partial charge in [0, 0.05) is 6.04 Å². The molecule has 1 aromatic carbocycles. The van der Waals surface area contributed by atoms with Crippen molar-refractivity contribution in [1.29, 1.82) is 5.26 Å². The van der Waals surface area contributed by atoms with Crippen molar-refractivity contribution in [3.8, 4) is 17.6 Å². The second-order valence-electron chi connectivity index (χ2n) is 4.35. The van der Waals surface area contributed by atoms with Crippen LogP contribution in [-0.2, 0) is 4.79 Å². The van der Waals surface area contributed by atoms with Gasteiger partial charge < -0.3 is 15.2 Å². The summed E-state index contributed by atoms with van der Waals surface area (Å²) in [5.41, 5.74) is 0.433. The maximum Gasteiger partial charge on any atom is 0.262 e. The highest BCUT2D eigenvalue weighted by molar-refractivity contribution is 6.32. The number of nitrogens with one attached hydrogen (secondary N) is 1. The Labute approximate surface area is 122 Å². The summed E-state index contributed by atoms with van der Waals surface area (Å²) in [6.45, 7) is 3.60. The SMILES string of the molecule is COc1cc(C=C(C#N)C(=O)NC(C)C)cc(Cl)c1O. The lowest BCUT2D eigenvalue weighted by Gasteiger charge is -2.08. The van der Waals surface area contributed by atoms with Crippen molar-refractivity contribution in [2.24, 2.45) is 0 Å². The zero-order valence-electron chi connectivity index (χ0n) is 11.4. The molecule has 0 heterocycles. The van der Waals surface area contributed by atoms with E-state index in [0.717, 1.165) is 0 Å². The molecule has 106 valence electrons. The Kier molecular flexibility index (Phi) is 5.42. The minimum Gasteiger partial charge on any atom is -0.503 e. The summed E-state index contributed by atoms with van der Waals surface area (Å²) < 4.78 is 4.96. The molecule has 0 fully saturated rings. The Balaban J connectivity index is 3.17. The van der Waals surface area contributed by atoms with Gasteiger partial charge in [0.15, 0.2) is 11.5 Å². The van der Waals surface area contributed by atoms with E-state index in [1.165, 1.54) is 25.3 Å². The van der Waals surface area contributed by atoms with Gasteiger partial charge in [-0.15, -0.1) is 0 Å². The van der Waals surface area contributed by atoms with Gasteiger partial charge in [-0.1, -0.05) is 11.6 Å². The number of nitrogens with zero attached hydrogens (tertiary/aromatic N) is 1. The highest BCUT2D eigenvalue weighted by Crippen LogP contribution is 2.35. The molecule has 0 aromatic heterocycles. The molecule has 0 saturated carbocycles. The number of aromatic hydroxyl groups is 1. The minimum absolute atomic E-state index is 0.0532. The first-order valence-corrected chi connectivity index (χ1v) is 6.26. The van der Waals surface area contributed by atoms with Crippen molar-refractivity contribution < 1.29 is 14.6 Å². The topological polar surface area (TPSA) is 82.3 Å². The summed E-state index contributed by atoms with van der Waals surface area (Å²) in [6.07, 6.45) is 1.38. The summed E-state index contributed by atoms with van der Waals surface area (Å²) in [7, 11) is 1.38. The van der Waals surface area contributed by atoms with E-state index in [0.29, 0.717) is 5.56 Å². The third kappa shape index (κ3) is 3.90. The number of benzene rings is 1. The maximum absolute atomic E-state index is 11.8. The van der Waals surface area contributed by atoms with E-state index in [1.807, 2.05) is 6.07 Å². The number of amides is 1. The van der Waals surface area contributed by atoms with Gasteiger partial charge >= 0.3 is 0 Å². The molecule has 1 aromatic rings. The predicted octanol–water partition coefficient (Wildman–Crippen LogP) is 2.49. The average molecular weight is 295 g/mol.